The molecule has 194 valence electrons. The van der Waals surface area contributed by atoms with E-state index in [-0.39, 0.29) is 5.41 Å². The first-order valence-corrected chi connectivity index (χ1v) is 14.7. The van der Waals surface area contributed by atoms with Crippen LogP contribution in [-0.4, -0.2) is 0 Å². The molecule has 1 aliphatic carbocycles. The fourth-order valence-corrected chi connectivity index (χ4v) is 6.34. The van der Waals surface area contributed by atoms with Crippen LogP contribution in [0, 0.1) is 13.8 Å². The van der Waals surface area contributed by atoms with E-state index in [0.29, 0.717) is 0 Å². The molecule has 0 spiro atoms. The summed E-state index contributed by atoms with van der Waals surface area (Å²) < 4.78 is 0. The predicted molar refractivity (Wildman–Crippen MR) is 166 cm³/mol. The number of benzene rings is 4. The molecule has 0 heteroatoms. The van der Waals surface area contributed by atoms with E-state index in [2.05, 4.69) is 125 Å². The van der Waals surface area contributed by atoms with Gasteiger partial charge in [-0.15, -0.1) is 0 Å². The topological polar surface area (TPSA) is 0 Å². The maximum Gasteiger partial charge on any atom is 0.0215 e. The minimum atomic E-state index is 0.107. The van der Waals surface area contributed by atoms with Crippen LogP contribution in [0.15, 0.2) is 91.0 Å². The van der Waals surface area contributed by atoms with Crippen LogP contribution < -0.4 is 0 Å². The van der Waals surface area contributed by atoms with Crippen LogP contribution in [0.1, 0.15) is 97.7 Å². The molecule has 0 nitrogen and oxygen atoms in total. The molecule has 0 bridgehead atoms. The number of rotatable bonds is 10. The lowest BCUT2D eigenvalue weighted by molar-refractivity contribution is 0.409. The number of hydrogen-bond acceptors (Lipinski definition) is 0. The van der Waals surface area contributed by atoms with Crippen LogP contribution in [0.2, 0.25) is 0 Å². The molecule has 0 saturated heterocycles. The summed E-state index contributed by atoms with van der Waals surface area (Å²) in [5.41, 5.74) is 13.8. The molecule has 0 heterocycles. The largest absolute Gasteiger partial charge is 0.0654 e. The van der Waals surface area contributed by atoms with E-state index in [1.165, 1.54) is 89.5 Å². The molecule has 1 aliphatic rings. The second-order valence-corrected chi connectivity index (χ2v) is 11.3. The van der Waals surface area contributed by atoms with Gasteiger partial charge in [0, 0.05) is 5.41 Å². The summed E-state index contributed by atoms with van der Waals surface area (Å²) in [5, 5.41) is 0. The Kier molecular flexibility index (Phi) is 7.98. The average Bonchev–Trinajstić information content (AvgIpc) is 3.21. The van der Waals surface area contributed by atoms with Crippen molar-refractivity contribution in [3.8, 4) is 11.1 Å². The van der Waals surface area contributed by atoms with Crippen LogP contribution >= 0.6 is 0 Å². The van der Waals surface area contributed by atoms with Crippen molar-refractivity contribution in [3.05, 3.63) is 130 Å². The monoisotopic (exact) mass is 498 g/mol. The Hall–Kier alpha value is -3.38. The smallest absolute Gasteiger partial charge is 0.0215 e. The lowest BCUT2D eigenvalue weighted by Gasteiger charge is -2.33. The van der Waals surface area contributed by atoms with E-state index >= 15 is 0 Å². The molecule has 0 fully saturated rings. The van der Waals surface area contributed by atoms with E-state index in [4.69, 9.17) is 0 Å². The first-order chi connectivity index (χ1) is 18.6. The molecule has 0 aromatic heterocycles. The van der Waals surface area contributed by atoms with Gasteiger partial charge in [-0.1, -0.05) is 142 Å². The highest BCUT2D eigenvalue weighted by Gasteiger charge is 2.42. The molecular formula is C38H42. The number of unbranched alkanes of at least 4 members (excludes halogenated alkanes) is 3. The Balaban J connectivity index is 1.69. The second kappa shape index (κ2) is 11.6. The van der Waals surface area contributed by atoms with Crippen LogP contribution in [0.5, 0.6) is 0 Å². The summed E-state index contributed by atoms with van der Waals surface area (Å²) in [5.74, 6) is 0. The zero-order chi connectivity index (χ0) is 26.5. The summed E-state index contributed by atoms with van der Waals surface area (Å²) in [4.78, 5) is 0. The maximum atomic E-state index is 2.55. The van der Waals surface area contributed by atoms with Gasteiger partial charge in [0.1, 0.15) is 0 Å². The first kappa shape index (κ1) is 26.2. The lowest BCUT2D eigenvalue weighted by atomic mass is 9.70. The standard InChI is InChI=1S/C38H42/c1-5-7-11-25-38(24-8-6-2)36-13-10-9-12-33(36)34-23-22-32(27-37(34)38)35(31-20-16-29(4)17-21-31)26-30-18-14-28(3)15-19-30/h9-10,12-23,26-27H,5-8,11,24-25H2,1-4H3/b35-26-. The zero-order valence-electron chi connectivity index (χ0n) is 23.7. The molecule has 38 heavy (non-hydrogen) atoms. The van der Waals surface area contributed by atoms with Gasteiger partial charge < -0.3 is 0 Å². The highest BCUT2D eigenvalue weighted by atomic mass is 14.4. The molecule has 4 aromatic carbocycles. The third-order valence-corrected chi connectivity index (χ3v) is 8.49. The molecule has 0 aliphatic heterocycles. The van der Waals surface area contributed by atoms with Crippen LogP contribution in [0.25, 0.3) is 22.8 Å². The summed E-state index contributed by atoms with van der Waals surface area (Å²) >= 11 is 0. The van der Waals surface area contributed by atoms with Crippen molar-refractivity contribution < 1.29 is 0 Å². The minimum absolute atomic E-state index is 0.107. The van der Waals surface area contributed by atoms with Gasteiger partial charge in [-0.05, 0) is 83.3 Å². The average molecular weight is 499 g/mol. The van der Waals surface area contributed by atoms with Gasteiger partial charge in [0.25, 0.3) is 0 Å². The van der Waals surface area contributed by atoms with E-state index in [1.54, 1.807) is 11.1 Å². The number of fused-ring (bicyclic) bond motifs is 3. The van der Waals surface area contributed by atoms with E-state index < -0.39 is 0 Å². The van der Waals surface area contributed by atoms with Crippen molar-refractivity contribution in [2.45, 2.75) is 78.1 Å². The highest BCUT2D eigenvalue weighted by molar-refractivity contribution is 5.93. The third-order valence-electron chi connectivity index (χ3n) is 8.49. The number of aryl methyl sites for hydroxylation is 2. The molecule has 0 radical (unpaired) electrons. The van der Waals surface area contributed by atoms with Crippen LogP contribution in [0.4, 0.5) is 0 Å². The molecule has 5 rings (SSSR count). The third kappa shape index (κ3) is 5.14. The normalized spacial score (nSPS) is 16.4. The van der Waals surface area contributed by atoms with Crippen molar-refractivity contribution >= 4 is 11.6 Å². The molecule has 0 amide bonds. The summed E-state index contributed by atoms with van der Waals surface area (Å²) in [7, 11) is 0. The summed E-state index contributed by atoms with van der Waals surface area (Å²) in [6.45, 7) is 8.97. The van der Waals surface area contributed by atoms with Gasteiger partial charge >= 0.3 is 0 Å². The second-order valence-electron chi connectivity index (χ2n) is 11.3. The van der Waals surface area contributed by atoms with Crippen molar-refractivity contribution in [2.24, 2.45) is 0 Å². The predicted octanol–water partition coefficient (Wildman–Crippen LogP) is 10.9. The van der Waals surface area contributed by atoms with Gasteiger partial charge in [-0.2, -0.15) is 0 Å². The van der Waals surface area contributed by atoms with Crippen LogP contribution in [0.3, 0.4) is 0 Å². The molecule has 0 saturated carbocycles. The quantitative estimate of drug-likeness (QED) is 0.151. The summed E-state index contributed by atoms with van der Waals surface area (Å²) in [6, 6.07) is 34.5. The number of hydrogen-bond donors (Lipinski definition) is 0. The molecule has 4 aromatic rings. The molecule has 0 N–H and O–H groups in total. The fraction of sp³-hybridized carbons (Fsp3) is 0.316. The Labute approximate surface area is 230 Å². The fourth-order valence-electron chi connectivity index (χ4n) is 6.34. The lowest BCUT2D eigenvalue weighted by Crippen LogP contribution is -2.25. The first-order valence-electron chi connectivity index (χ1n) is 14.7. The molecule has 1 atom stereocenters. The van der Waals surface area contributed by atoms with Crippen LogP contribution in [-0.2, 0) is 5.41 Å². The van der Waals surface area contributed by atoms with Gasteiger partial charge in [-0.3, -0.25) is 0 Å². The maximum absolute atomic E-state index is 2.55. The Bertz CT molecular complexity index is 1400. The molecule has 1 unspecified atom stereocenters. The van der Waals surface area contributed by atoms with E-state index in [0.717, 1.165) is 0 Å². The zero-order valence-corrected chi connectivity index (χ0v) is 23.7. The van der Waals surface area contributed by atoms with Crippen molar-refractivity contribution in [2.75, 3.05) is 0 Å². The highest BCUT2D eigenvalue weighted by Crippen LogP contribution is 2.54. The Morgan fingerprint density at radius 3 is 1.92 bits per heavy atom. The van der Waals surface area contributed by atoms with Crippen molar-refractivity contribution in [1.82, 2.24) is 0 Å². The van der Waals surface area contributed by atoms with Gasteiger partial charge in [-0.25, -0.2) is 0 Å². The van der Waals surface area contributed by atoms with Crippen molar-refractivity contribution in [3.63, 3.8) is 0 Å². The SMILES string of the molecule is CCCCCC1(CCCC)c2ccccc2-c2ccc(/C(=C\c3ccc(C)cc3)c3ccc(C)cc3)cc21. The van der Waals surface area contributed by atoms with Crippen molar-refractivity contribution in [1.29, 1.82) is 0 Å². The van der Waals surface area contributed by atoms with E-state index in [1.807, 2.05) is 0 Å². The Morgan fingerprint density at radius 1 is 0.605 bits per heavy atom. The molecular weight excluding hydrogens is 456 g/mol. The van der Waals surface area contributed by atoms with E-state index in [9.17, 15) is 0 Å². The van der Waals surface area contributed by atoms with Gasteiger partial charge in [0.15, 0.2) is 0 Å². The Morgan fingerprint density at radius 2 is 1.21 bits per heavy atom. The van der Waals surface area contributed by atoms with Gasteiger partial charge in [0.05, 0.1) is 0 Å². The van der Waals surface area contributed by atoms with Gasteiger partial charge in [0.2, 0.25) is 0 Å². The minimum Gasteiger partial charge on any atom is -0.0654 e. The summed E-state index contributed by atoms with van der Waals surface area (Å²) in [6.07, 6.45) is 11.2.